The highest BCUT2D eigenvalue weighted by atomic mass is 32.1. The van der Waals surface area contributed by atoms with E-state index in [0.29, 0.717) is 24.6 Å². The third kappa shape index (κ3) is 3.75. The van der Waals surface area contributed by atoms with Crippen molar-refractivity contribution in [2.75, 3.05) is 19.7 Å². The van der Waals surface area contributed by atoms with Crippen molar-refractivity contribution in [1.29, 1.82) is 0 Å². The maximum absolute atomic E-state index is 12.6. The maximum atomic E-state index is 12.6. The normalized spacial score (nSPS) is 15.9. The molecule has 27 heavy (non-hydrogen) atoms. The number of rotatable bonds is 4. The summed E-state index contributed by atoms with van der Waals surface area (Å²) in [7, 11) is 0. The summed E-state index contributed by atoms with van der Waals surface area (Å²) in [5.74, 6) is 0.854. The van der Waals surface area contributed by atoms with Gasteiger partial charge in [0.05, 0.1) is 25.9 Å². The maximum Gasteiger partial charge on any atom is 0.407 e. The van der Waals surface area contributed by atoms with E-state index in [1.165, 1.54) is 16.9 Å². The number of aromatic nitrogens is 1. The highest BCUT2D eigenvalue weighted by Gasteiger charge is 2.35. The van der Waals surface area contributed by atoms with Gasteiger partial charge < -0.3 is 19.7 Å². The number of likely N-dealkylation sites (tertiary alicyclic amines) is 1. The van der Waals surface area contributed by atoms with Gasteiger partial charge in [0.2, 0.25) is 0 Å². The van der Waals surface area contributed by atoms with Crippen molar-refractivity contribution in [3.8, 4) is 16.3 Å². The molecule has 7 nitrogen and oxygen atoms in total. The molecular formula is C19H21N3O4S. The summed E-state index contributed by atoms with van der Waals surface area (Å²) in [6, 6.07) is 6.03. The Labute approximate surface area is 161 Å². The molecule has 0 spiro atoms. The minimum atomic E-state index is -0.442. The second kappa shape index (κ2) is 7.19. The van der Waals surface area contributed by atoms with Gasteiger partial charge in [0.1, 0.15) is 21.7 Å². The van der Waals surface area contributed by atoms with Crippen LogP contribution in [0.4, 0.5) is 4.79 Å². The fourth-order valence-corrected chi connectivity index (χ4v) is 3.96. The number of benzene rings is 1. The van der Waals surface area contributed by atoms with Gasteiger partial charge in [-0.05, 0) is 37.6 Å². The number of fused-ring (bicyclic) bond motifs is 1. The first-order valence-corrected chi connectivity index (χ1v) is 9.79. The van der Waals surface area contributed by atoms with Crippen LogP contribution in [0.1, 0.15) is 29.1 Å². The number of ether oxygens (including phenoxy) is 2. The van der Waals surface area contributed by atoms with E-state index in [1.807, 2.05) is 26.0 Å². The molecule has 2 aliphatic rings. The van der Waals surface area contributed by atoms with E-state index < -0.39 is 6.09 Å². The van der Waals surface area contributed by atoms with E-state index >= 15 is 0 Å². The minimum Gasteiger partial charge on any atom is -0.493 e. The van der Waals surface area contributed by atoms with Crippen LogP contribution in [0.15, 0.2) is 24.4 Å². The number of carbonyl (C=O) groups excluding carboxylic acids is 2. The van der Waals surface area contributed by atoms with Gasteiger partial charge in [-0.1, -0.05) is 0 Å². The van der Waals surface area contributed by atoms with Crippen molar-refractivity contribution in [1.82, 2.24) is 15.2 Å². The summed E-state index contributed by atoms with van der Waals surface area (Å²) in [6.45, 7) is 5.27. The van der Waals surface area contributed by atoms with Gasteiger partial charge in [0.25, 0.3) is 5.91 Å². The SMILES string of the molecule is CC(C)NC(=O)OC1CN(C(=O)c2cnc(-c3ccc4c(c3)CCO4)s2)C1. The topological polar surface area (TPSA) is 80.8 Å². The van der Waals surface area contributed by atoms with Crippen LogP contribution in [0.2, 0.25) is 0 Å². The number of amides is 2. The van der Waals surface area contributed by atoms with Crippen LogP contribution < -0.4 is 10.1 Å². The number of hydrogen-bond donors (Lipinski definition) is 1. The van der Waals surface area contributed by atoms with Crippen molar-refractivity contribution in [2.24, 2.45) is 0 Å². The van der Waals surface area contributed by atoms with Crippen LogP contribution in [0.5, 0.6) is 5.75 Å². The first-order valence-electron chi connectivity index (χ1n) is 8.98. The smallest absolute Gasteiger partial charge is 0.407 e. The van der Waals surface area contributed by atoms with E-state index in [2.05, 4.69) is 16.4 Å². The summed E-state index contributed by atoms with van der Waals surface area (Å²) in [5, 5.41) is 3.49. The van der Waals surface area contributed by atoms with Crippen molar-refractivity contribution >= 4 is 23.3 Å². The van der Waals surface area contributed by atoms with Gasteiger partial charge in [-0.3, -0.25) is 4.79 Å². The molecule has 0 atom stereocenters. The van der Waals surface area contributed by atoms with Gasteiger partial charge >= 0.3 is 6.09 Å². The molecular weight excluding hydrogens is 366 g/mol. The number of alkyl carbamates (subject to hydrolysis) is 1. The highest BCUT2D eigenvalue weighted by molar-refractivity contribution is 7.16. The molecule has 2 amide bonds. The van der Waals surface area contributed by atoms with Gasteiger partial charge in [-0.25, -0.2) is 9.78 Å². The molecule has 0 radical (unpaired) electrons. The second-order valence-corrected chi connectivity index (χ2v) is 8.02. The summed E-state index contributed by atoms with van der Waals surface area (Å²) >= 11 is 1.38. The molecule has 1 N–H and O–H groups in total. The average molecular weight is 387 g/mol. The Balaban J connectivity index is 1.35. The number of carbonyl (C=O) groups is 2. The molecule has 0 aliphatic carbocycles. The quantitative estimate of drug-likeness (QED) is 0.872. The number of nitrogens with zero attached hydrogens (tertiary/aromatic N) is 2. The second-order valence-electron chi connectivity index (χ2n) is 6.99. The van der Waals surface area contributed by atoms with Gasteiger partial charge in [0, 0.05) is 18.0 Å². The molecule has 1 aromatic carbocycles. The first kappa shape index (κ1) is 17.8. The van der Waals surface area contributed by atoms with Crippen LogP contribution >= 0.6 is 11.3 Å². The van der Waals surface area contributed by atoms with Crippen LogP contribution in [-0.2, 0) is 11.2 Å². The molecule has 142 valence electrons. The zero-order valence-corrected chi connectivity index (χ0v) is 16.0. The molecule has 3 heterocycles. The zero-order chi connectivity index (χ0) is 19.0. The van der Waals surface area contributed by atoms with Crippen LogP contribution in [-0.4, -0.2) is 53.7 Å². The molecule has 1 aromatic heterocycles. The third-order valence-electron chi connectivity index (χ3n) is 4.47. The monoisotopic (exact) mass is 387 g/mol. The lowest BCUT2D eigenvalue weighted by atomic mass is 10.1. The molecule has 1 fully saturated rings. The van der Waals surface area contributed by atoms with Crippen LogP contribution in [0, 0.1) is 0 Å². The van der Waals surface area contributed by atoms with Crippen molar-refractivity contribution in [2.45, 2.75) is 32.4 Å². The molecule has 0 bridgehead atoms. The van der Waals surface area contributed by atoms with E-state index in [9.17, 15) is 9.59 Å². The Morgan fingerprint density at radius 3 is 2.96 bits per heavy atom. The minimum absolute atomic E-state index is 0.0247. The summed E-state index contributed by atoms with van der Waals surface area (Å²) in [4.78, 5) is 30.8. The lowest BCUT2D eigenvalue weighted by Gasteiger charge is -2.38. The van der Waals surface area contributed by atoms with Crippen molar-refractivity contribution < 1.29 is 19.1 Å². The van der Waals surface area contributed by atoms with E-state index in [0.717, 1.165) is 22.7 Å². The number of nitrogens with one attached hydrogen (secondary N) is 1. The van der Waals surface area contributed by atoms with Crippen LogP contribution in [0.3, 0.4) is 0 Å². The summed E-state index contributed by atoms with van der Waals surface area (Å²) in [6.07, 6.45) is 1.82. The Kier molecular flexibility index (Phi) is 4.73. The van der Waals surface area contributed by atoms with Gasteiger partial charge in [0.15, 0.2) is 0 Å². The largest absolute Gasteiger partial charge is 0.493 e. The first-order chi connectivity index (χ1) is 13.0. The Morgan fingerprint density at radius 2 is 2.19 bits per heavy atom. The van der Waals surface area contributed by atoms with E-state index in [1.54, 1.807) is 11.1 Å². The van der Waals surface area contributed by atoms with Crippen LogP contribution in [0.25, 0.3) is 10.6 Å². The molecule has 0 unspecified atom stereocenters. The molecule has 1 saturated heterocycles. The lowest BCUT2D eigenvalue weighted by molar-refractivity contribution is -0.00676. The predicted octanol–water partition coefficient (Wildman–Crippen LogP) is 2.70. The molecule has 2 aromatic rings. The zero-order valence-electron chi connectivity index (χ0n) is 15.2. The van der Waals surface area contributed by atoms with Gasteiger partial charge in [-0.2, -0.15) is 0 Å². The predicted molar refractivity (Wildman–Crippen MR) is 101 cm³/mol. The summed E-state index contributed by atoms with van der Waals surface area (Å²) in [5.41, 5.74) is 2.18. The molecule has 4 rings (SSSR count). The fraction of sp³-hybridized carbons (Fsp3) is 0.421. The third-order valence-corrected chi connectivity index (χ3v) is 5.50. The summed E-state index contributed by atoms with van der Waals surface area (Å²) < 4.78 is 10.8. The average Bonchev–Trinajstić information content (AvgIpc) is 3.24. The van der Waals surface area contributed by atoms with Gasteiger partial charge in [-0.15, -0.1) is 11.3 Å². The standard InChI is InChI=1S/C19H21N3O4S/c1-11(2)21-19(24)26-14-9-22(10-14)18(23)16-8-20-17(27-16)13-3-4-15-12(7-13)5-6-25-15/h3-4,7-8,11,14H,5-6,9-10H2,1-2H3,(H,21,24). The van der Waals surface area contributed by atoms with Crippen molar-refractivity contribution in [3.05, 3.63) is 34.8 Å². The number of hydrogen-bond acceptors (Lipinski definition) is 6. The molecule has 0 saturated carbocycles. The number of thiazole rings is 1. The Morgan fingerprint density at radius 1 is 1.37 bits per heavy atom. The van der Waals surface area contributed by atoms with E-state index in [-0.39, 0.29) is 18.1 Å². The fourth-order valence-electron chi connectivity index (χ4n) is 3.08. The highest BCUT2D eigenvalue weighted by Crippen LogP contribution is 2.33. The Bertz CT molecular complexity index is 874. The van der Waals surface area contributed by atoms with Crippen molar-refractivity contribution in [3.63, 3.8) is 0 Å². The molecule has 2 aliphatic heterocycles. The van der Waals surface area contributed by atoms with E-state index in [4.69, 9.17) is 9.47 Å². The lowest BCUT2D eigenvalue weighted by Crippen LogP contribution is -2.56. The molecule has 8 heteroatoms. The Hall–Kier alpha value is -2.61.